The molecule has 0 aliphatic rings. The molecule has 0 atom stereocenters. The van der Waals surface area contributed by atoms with Gasteiger partial charge in [0.2, 0.25) is 0 Å². The number of rotatable bonds is 6. The van der Waals surface area contributed by atoms with Gasteiger partial charge in [0.15, 0.2) is 5.82 Å². The summed E-state index contributed by atoms with van der Waals surface area (Å²) in [5.74, 6) is -0.0119. The van der Waals surface area contributed by atoms with E-state index in [2.05, 4.69) is 15.6 Å². The number of nitrogens with one attached hydrogen (secondary N) is 2. The Labute approximate surface area is 171 Å². The third kappa shape index (κ3) is 3.90. The van der Waals surface area contributed by atoms with Crippen molar-refractivity contribution in [2.24, 2.45) is 0 Å². The summed E-state index contributed by atoms with van der Waals surface area (Å²) in [6.45, 7) is 2.91. The third-order valence-corrected chi connectivity index (χ3v) is 5.47. The third-order valence-electron chi connectivity index (χ3n) is 4.60. The van der Waals surface area contributed by atoms with E-state index in [4.69, 9.17) is 0 Å². The van der Waals surface area contributed by atoms with Crippen molar-refractivity contribution in [2.75, 3.05) is 5.32 Å². The van der Waals surface area contributed by atoms with E-state index < -0.39 is 0 Å². The first-order chi connectivity index (χ1) is 14.2. The minimum Gasteiger partial charge on any atom is -0.347 e. The highest BCUT2D eigenvalue weighted by Gasteiger charge is 2.15. The highest BCUT2D eigenvalue weighted by atomic mass is 32.1. The summed E-state index contributed by atoms with van der Waals surface area (Å²) in [5, 5.41) is 7.97. The number of benzene rings is 2. The molecule has 0 aliphatic carbocycles. The fourth-order valence-electron chi connectivity index (χ4n) is 3.18. The van der Waals surface area contributed by atoms with Crippen LogP contribution >= 0.6 is 11.3 Å². The molecule has 0 bridgehead atoms. The smallest absolute Gasteiger partial charge is 0.294 e. The van der Waals surface area contributed by atoms with Gasteiger partial charge in [0.25, 0.3) is 11.5 Å². The van der Waals surface area contributed by atoms with Crippen LogP contribution in [0.5, 0.6) is 0 Å². The second kappa shape index (κ2) is 8.28. The SMILES string of the molecule is CCn1c(=O)c(Nc2ccccc2C(=O)NCc2cccs2)nc2ccccc21. The topological polar surface area (TPSA) is 76.0 Å². The molecule has 2 heterocycles. The number of hydrogen-bond acceptors (Lipinski definition) is 5. The van der Waals surface area contributed by atoms with Crippen molar-refractivity contribution in [1.29, 1.82) is 0 Å². The zero-order chi connectivity index (χ0) is 20.2. The predicted molar refractivity (Wildman–Crippen MR) is 117 cm³/mol. The molecule has 0 spiro atoms. The van der Waals surface area contributed by atoms with Gasteiger partial charge in [-0.25, -0.2) is 4.98 Å². The fraction of sp³-hybridized carbons (Fsp3) is 0.136. The molecule has 2 N–H and O–H groups in total. The summed E-state index contributed by atoms with van der Waals surface area (Å²) in [6.07, 6.45) is 0. The summed E-state index contributed by atoms with van der Waals surface area (Å²) in [7, 11) is 0. The number of thiophene rings is 1. The number of carbonyl (C=O) groups is 1. The largest absolute Gasteiger partial charge is 0.347 e. The zero-order valence-corrected chi connectivity index (χ0v) is 16.7. The molecule has 4 rings (SSSR count). The van der Waals surface area contributed by atoms with Crippen molar-refractivity contribution in [3.05, 3.63) is 86.8 Å². The average Bonchev–Trinajstić information content (AvgIpc) is 3.27. The Bertz CT molecular complexity index is 1220. The van der Waals surface area contributed by atoms with Gasteiger partial charge in [-0.05, 0) is 42.6 Å². The van der Waals surface area contributed by atoms with Crippen LogP contribution < -0.4 is 16.2 Å². The number of carbonyl (C=O) groups excluding carboxylic acids is 1. The van der Waals surface area contributed by atoms with Gasteiger partial charge in [-0.15, -0.1) is 11.3 Å². The van der Waals surface area contributed by atoms with Crippen LogP contribution in [0.15, 0.2) is 70.8 Å². The molecular weight excluding hydrogens is 384 g/mol. The Kier molecular flexibility index (Phi) is 5.39. The van der Waals surface area contributed by atoms with Crippen molar-refractivity contribution in [2.45, 2.75) is 20.0 Å². The van der Waals surface area contributed by atoms with Gasteiger partial charge in [0.1, 0.15) is 0 Å². The van der Waals surface area contributed by atoms with Crippen LogP contribution in [0.1, 0.15) is 22.2 Å². The maximum Gasteiger partial charge on any atom is 0.294 e. The Morgan fingerprint density at radius 1 is 1.07 bits per heavy atom. The van der Waals surface area contributed by atoms with E-state index in [1.807, 2.05) is 54.8 Å². The normalized spacial score (nSPS) is 10.8. The first-order valence-corrected chi connectivity index (χ1v) is 10.2. The molecule has 29 heavy (non-hydrogen) atoms. The molecule has 1 amide bonds. The number of fused-ring (bicyclic) bond motifs is 1. The van der Waals surface area contributed by atoms with Crippen LogP contribution in [0.4, 0.5) is 11.5 Å². The van der Waals surface area contributed by atoms with Crippen LogP contribution in [-0.4, -0.2) is 15.5 Å². The number of anilines is 2. The van der Waals surface area contributed by atoms with Gasteiger partial charge in [-0.3, -0.25) is 9.59 Å². The number of para-hydroxylation sites is 3. The summed E-state index contributed by atoms with van der Waals surface area (Å²) in [5.41, 5.74) is 2.28. The molecular formula is C22H20N4O2S. The second-order valence-corrected chi connectivity index (χ2v) is 7.46. The molecule has 7 heteroatoms. The lowest BCUT2D eigenvalue weighted by Crippen LogP contribution is -2.26. The number of aryl methyl sites for hydroxylation is 1. The van der Waals surface area contributed by atoms with Crippen LogP contribution in [0.3, 0.4) is 0 Å². The van der Waals surface area contributed by atoms with E-state index in [1.54, 1.807) is 34.1 Å². The lowest BCUT2D eigenvalue weighted by molar-refractivity contribution is 0.0952. The van der Waals surface area contributed by atoms with Gasteiger partial charge in [-0.2, -0.15) is 0 Å². The van der Waals surface area contributed by atoms with E-state index in [0.717, 1.165) is 15.9 Å². The van der Waals surface area contributed by atoms with Crippen molar-refractivity contribution < 1.29 is 4.79 Å². The molecule has 2 aromatic heterocycles. The highest BCUT2D eigenvalue weighted by molar-refractivity contribution is 7.09. The quantitative estimate of drug-likeness (QED) is 0.506. The van der Waals surface area contributed by atoms with Gasteiger partial charge >= 0.3 is 0 Å². The van der Waals surface area contributed by atoms with Crippen LogP contribution in [0, 0.1) is 0 Å². The monoisotopic (exact) mass is 404 g/mol. The van der Waals surface area contributed by atoms with Crippen molar-refractivity contribution in [3.8, 4) is 0 Å². The second-order valence-electron chi connectivity index (χ2n) is 6.43. The molecule has 0 unspecified atom stereocenters. The summed E-state index contributed by atoms with van der Waals surface area (Å²) < 4.78 is 1.67. The Balaban J connectivity index is 1.66. The zero-order valence-electron chi connectivity index (χ0n) is 15.9. The average molecular weight is 404 g/mol. The number of nitrogens with zero attached hydrogens (tertiary/aromatic N) is 2. The van der Waals surface area contributed by atoms with Gasteiger partial charge in [0, 0.05) is 11.4 Å². The van der Waals surface area contributed by atoms with E-state index in [9.17, 15) is 9.59 Å². The first kappa shape index (κ1) is 18.9. The van der Waals surface area contributed by atoms with Gasteiger partial charge < -0.3 is 15.2 Å². The first-order valence-electron chi connectivity index (χ1n) is 9.33. The molecule has 0 aliphatic heterocycles. The number of amides is 1. The standard InChI is InChI=1S/C22H20N4O2S/c1-2-26-19-12-6-5-11-18(19)25-20(22(26)28)24-17-10-4-3-9-16(17)21(27)23-14-15-8-7-13-29-15/h3-13H,2,14H2,1H3,(H,23,27)(H,24,25). The Hall–Kier alpha value is -3.45. The maximum absolute atomic E-state index is 12.9. The number of aromatic nitrogens is 2. The lowest BCUT2D eigenvalue weighted by atomic mass is 10.1. The van der Waals surface area contributed by atoms with Crippen molar-refractivity contribution in [3.63, 3.8) is 0 Å². The summed E-state index contributed by atoms with van der Waals surface area (Å²) in [6, 6.07) is 18.5. The maximum atomic E-state index is 12.9. The minimum absolute atomic E-state index is 0.198. The Morgan fingerprint density at radius 2 is 1.86 bits per heavy atom. The molecule has 4 aromatic rings. The molecule has 6 nitrogen and oxygen atoms in total. The van der Waals surface area contributed by atoms with Crippen molar-refractivity contribution >= 4 is 39.8 Å². The molecule has 146 valence electrons. The van der Waals surface area contributed by atoms with E-state index in [1.165, 1.54) is 0 Å². The lowest BCUT2D eigenvalue weighted by Gasteiger charge is -2.14. The Morgan fingerprint density at radius 3 is 2.66 bits per heavy atom. The van der Waals surface area contributed by atoms with E-state index in [-0.39, 0.29) is 17.3 Å². The highest BCUT2D eigenvalue weighted by Crippen LogP contribution is 2.20. The molecule has 0 saturated heterocycles. The van der Waals surface area contributed by atoms with Gasteiger partial charge in [0.05, 0.1) is 28.8 Å². The minimum atomic E-state index is -0.222. The van der Waals surface area contributed by atoms with Crippen LogP contribution in [-0.2, 0) is 13.1 Å². The van der Waals surface area contributed by atoms with E-state index in [0.29, 0.717) is 24.3 Å². The summed E-state index contributed by atoms with van der Waals surface area (Å²) in [4.78, 5) is 31.2. The van der Waals surface area contributed by atoms with Gasteiger partial charge in [-0.1, -0.05) is 30.3 Å². The molecule has 0 radical (unpaired) electrons. The molecule has 2 aromatic carbocycles. The van der Waals surface area contributed by atoms with Crippen LogP contribution in [0.2, 0.25) is 0 Å². The molecule has 0 fully saturated rings. The predicted octanol–water partition coefficient (Wildman–Crippen LogP) is 4.15. The summed E-state index contributed by atoms with van der Waals surface area (Å²) >= 11 is 1.59. The fourth-order valence-corrected chi connectivity index (χ4v) is 3.83. The van der Waals surface area contributed by atoms with Crippen LogP contribution in [0.25, 0.3) is 11.0 Å². The van der Waals surface area contributed by atoms with E-state index >= 15 is 0 Å². The van der Waals surface area contributed by atoms with Crippen molar-refractivity contribution in [1.82, 2.24) is 14.9 Å². The molecule has 0 saturated carbocycles. The number of hydrogen-bond donors (Lipinski definition) is 2.